The summed E-state index contributed by atoms with van der Waals surface area (Å²) >= 11 is 3.57. The number of halogens is 1. The highest BCUT2D eigenvalue weighted by molar-refractivity contribution is 9.10. The van der Waals surface area contributed by atoms with Crippen molar-refractivity contribution < 1.29 is 23.7 Å². The summed E-state index contributed by atoms with van der Waals surface area (Å²) in [5, 5.41) is 9.82. The molecule has 0 saturated heterocycles. The van der Waals surface area contributed by atoms with E-state index in [0.29, 0.717) is 52.0 Å². The molecule has 0 bridgehead atoms. The Morgan fingerprint density at radius 3 is 2.70 bits per heavy atom. The number of fused-ring (bicyclic) bond motifs is 2. The molecule has 0 spiro atoms. The highest BCUT2D eigenvalue weighted by atomic mass is 79.9. The lowest BCUT2D eigenvalue weighted by atomic mass is 9.83. The van der Waals surface area contributed by atoms with Gasteiger partial charge in [-0.05, 0) is 46.6 Å². The highest BCUT2D eigenvalue weighted by Crippen LogP contribution is 2.49. The maximum absolute atomic E-state index is 9.82. The van der Waals surface area contributed by atoms with Gasteiger partial charge in [0.15, 0.2) is 23.0 Å². The smallest absolute Gasteiger partial charge is 0.231 e. The summed E-state index contributed by atoms with van der Waals surface area (Å²) in [7, 11) is 0. The third-order valence-corrected chi connectivity index (χ3v) is 5.31. The van der Waals surface area contributed by atoms with Crippen molar-refractivity contribution in [1.82, 2.24) is 0 Å². The molecular weight excluding hydrogens is 452 g/mol. The summed E-state index contributed by atoms with van der Waals surface area (Å²) in [4.78, 5) is 0. The van der Waals surface area contributed by atoms with E-state index < -0.39 is 5.92 Å². The van der Waals surface area contributed by atoms with E-state index in [0.717, 1.165) is 11.1 Å². The highest BCUT2D eigenvalue weighted by Gasteiger charge is 2.34. The number of nitrogens with zero attached hydrogens (tertiary/aromatic N) is 1. The fraction of sp³-hybridized carbons (Fsp3) is 0.227. The van der Waals surface area contributed by atoms with Crippen LogP contribution in [0.4, 0.5) is 0 Å². The van der Waals surface area contributed by atoms with E-state index in [4.69, 9.17) is 29.4 Å². The van der Waals surface area contributed by atoms with Gasteiger partial charge in [0, 0.05) is 11.6 Å². The number of ether oxygens (including phenoxy) is 5. The van der Waals surface area contributed by atoms with Gasteiger partial charge < -0.3 is 29.4 Å². The van der Waals surface area contributed by atoms with E-state index in [1.807, 2.05) is 25.1 Å². The van der Waals surface area contributed by atoms with Crippen LogP contribution in [-0.4, -0.2) is 20.0 Å². The molecule has 2 aromatic carbocycles. The minimum absolute atomic E-state index is 0.0509. The van der Waals surface area contributed by atoms with Crippen LogP contribution in [0, 0.1) is 11.3 Å². The lowest BCUT2D eigenvalue weighted by Gasteiger charge is -2.27. The van der Waals surface area contributed by atoms with Gasteiger partial charge in [-0.1, -0.05) is 12.7 Å². The Kier molecular flexibility index (Phi) is 5.46. The maximum Gasteiger partial charge on any atom is 0.231 e. The van der Waals surface area contributed by atoms with Crippen molar-refractivity contribution in [3.05, 3.63) is 64.0 Å². The van der Waals surface area contributed by atoms with Crippen LogP contribution < -0.4 is 29.4 Å². The molecule has 1 unspecified atom stereocenters. The molecule has 0 aromatic heterocycles. The Labute approximate surface area is 182 Å². The van der Waals surface area contributed by atoms with Crippen LogP contribution in [0.15, 0.2) is 52.8 Å². The van der Waals surface area contributed by atoms with Crippen molar-refractivity contribution in [2.75, 3.05) is 20.0 Å². The van der Waals surface area contributed by atoms with Crippen LogP contribution >= 0.6 is 15.9 Å². The van der Waals surface area contributed by atoms with E-state index in [-0.39, 0.29) is 12.7 Å². The molecule has 0 radical (unpaired) electrons. The normalized spacial score (nSPS) is 16.4. The van der Waals surface area contributed by atoms with Gasteiger partial charge in [-0.3, -0.25) is 0 Å². The summed E-state index contributed by atoms with van der Waals surface area (Å²) < 4.78 is 28.9. The molecular formula is C22H19BrN2O5. The predicted octanol–water partition coefficient (Wildman–Crippen LogP) is 4.36. The molecule has 2 aromatic rings. The van der Waals surface area contributed by atoms with E-state index >= 15 is 0 Å². The number of allylic oxidation sites excluding steroid dienone is 1. The molecule has 2 aliphatic heterocycles. The Balaban J connectivity index is 1.88. The van der Waals surface area contributed by atoms with Crippen LogP contribution in [0.5, 0.6) is 28.7 Å². The van der Waals surface area contributed by atoms with E-state index in [2.05, 4.69) is 28.6 Å². The third-order valence-electron chi connectivity index (χ3n) is 4.72. The largest absolute Gasteiger partial charge is 0.490 e. The first kappa shape index (κ1) is 20.0. The minimum atomic E-state index is -0.475. The predicted molar refractivity (Wildman–Crippen MR) is 113 cm³/mol. The Hall–Kier alpha value is -3.31. The Morgan fingerprint density at radius 1 is 1.23 bits per heavy atom. The van der Waals surface area contributed by atoms with Crippen molar-refractivity contribution in [1.29, 1.82) is 5.26 Å². The van der Waals surface area contributed by atoms with Crippen LogP contribution in [0.1, 0.15) is 24.0 Å². The average molecular weight is 471 g/mol. The number of nitriles is 1. The molecule has 0 fully saturated rings. The second-order valence-electron chi connectivity index (χ2n) is 6.53. The van der Waals surface area contributed by atoms with Gasteiger partial charge in [0.2, 0.25) is 12.7 Å². The molecule has 8 heteroatoms. The fourth-order valence-electron chi connectivity index (χ4n) is 3.49. The zero-order chi connectivity index (χ0) is 21.3. The number of rotatable bonds is 6. The van der Waals surface area contributed by atoms with Crippen molar-refractivity contribution in [3.63, 3.8) is 0 Å². The minimum Gasteiger partial charge on any atom is -0.490 e. The summed E-state index contributed by atoms with van der Waals surface area (Å²) in [6.45, 7) is 6.48. The third kappa shape index (κ3) is 3.42. The van der Waals surface area contributed by atoms with Gasteiger partial charge in [-0.15, -0.1) is 0 Å². The molecule has 4 rings (SSSR count). The standard InChI is InChI=1S/C22H19BrN2O5/c1-3-5-27-21-15(23)6-12(7-19(21)26-4-2)20-13-8-17-18(29-11-28-17)9-16(13)30-22(25)14(20)10-24/h3,6-9,20H,1,4-5,11,25H2,2H3. The monoisotopic (exact) mass is 470 g/mol. The first-order chi connectivity index (χ1) is 14.6. The first-order valence-electron chi connectivity index (χ1n) is 9.28. The summed E-state index contributed by atoms with van der Waals surface area (Å²) in [5.74, 6) is 2.37. The number of benzene rings is 2. The quantitative estimate of drug-likeness (QED) is 0.626. The van der Waals surface area contributed by atoms with E-state index in [1.54, 1.807) is 12.1 Å². The van der Waals surface area contributed by atoms with Crippen LogP contribution in [-0.2, 0) is 0 Å². The van der Waals surface area contributed by atoms with Crippen LogP contribution in [0.25, 0.3) is 0 Å². The van der Waals surface area contributed by atoms with Gasteiger partial charge in [0.05, 0.1) is 17.0 Å². The Morgan fingerprint density at radius 2 is 2.00 bits per heavy atom. The summed E-state index contributed by atoms with van der Waals surface area (Å²) in [6.07, 6.45) is 1.66. The maximum atomic E-state index is 9.82. The van der Waals surface area contributed by atoms with Crippen LogP contribution in [0.3, 0.4) is 0 Å². The zero-order valence-electron chi connectivity index (χ0n) is 16.2. The van der Waals surface area contributed by atoms with Gasteiger partial charge in [-0.2, -0.15) is 5.26 Å². The number of hydrogen-bond acceptors (Lipinski definition) is 7. The second kappa shape index (κ2) is 8.20. The molecule has 2 aliphatic rings. The van der Waals surface area contributed by atoms with Gasteiger partial charge in [0.25, 0.3) is 0 Å². The molecule has 30 heavy (non-hydrogen) atoms. The lowest BCUT2D eigenvalue weighted by Crippen LogP contribution is -2.21. The number of nitrogens with two attached hydrogens (primary N) is 1. The average Bonchev–Trinajstić information content (AvgIpc) is 3.18. The molecule has 2 N–H and O–H groups in total. The zero-order valence-corrected chi connectivity index (χ0v) is 17.8. The molecule has 154 valence electrons. The molecule has 0 saturated carbocycles. The van der Waals surface area contributed by atoms with Crippen molar-refractivity contribution in [3.8, 4) is 34.8 Å². The van der Waals surface area contributed by atoms with Crippen molar-refractivity contribution in [2.45, 2.75) is 12.8 Å². The van der Waals surface area contributed by atoms with Crippen molar-refractivity contribution in [2.24, 2.45) is 5.73 Å². The number of hydrogen-bond donors (Lipinski definition) is 1. The SMILES string of the molecule is C=CCOc1c(Br)cc(C2C(C#N)=C(N)Oc3cc4c(cc32)OCO4)cc1OCC. The molecule has 2 heterocycles. The summed E-state index contributed by atoms with van der Waals surface area (Å²) in [6, 6.07) is 9.47. The fourth-order valence-corrected chi connectivity index (χ4v) is 4.06. The lowest BCUT2D eigenvalue weighted by molar-refractivity contribution is 0.174. The summed E-state index contributed by atoms with van der Waals surface area (Å²) in [5.41, 5.74) is 7.93. The molecule has 0 aliphatic carbocycles. The molecule has 7 nitrogen and oxygen atoms in total. The Bertz CT molecular complexity index is 1090. The van der Waals surface area contributed by atoms with E-state index in [1.165, 1.54) is 0 Å². The second-order valence-corrected chi connectivity index (χ2v) is 7.39. The van der Waals surface area contributed by atoms with Gasteiger partial charge in [-0.25, -0.2) is 0 Å². The van der Waals surface area contributed by atoms with E-state index in [9.17, 15) is 5.26 Å². The van der Waals surface area contributed by atoms with Crippen LogP contribution in [0.2, 0.25) is 0 Å². The van der Waals surface area contributed by atoms with Gasteiger partial charge in [0.1, 0.15) is 24.0 Å². The first-order valence-corrected chi connectivity index (χ1v) is 10.1. The topological polar surface area (TPSA) is 96.0 Å². The molecule has 1 atom stereocenters. The molecule has 0 amide bonds. The van der Waals surface area contributed by atoms with Crippen molar-refractivity contribution >= 4 is 15.9 Å². The van der Waals surface area contributed by atoms with Gasteiger partial charge >= 0.3 is 0 Å².